The normalized spacial score (nSPS) is 17.1. The number of rotatable bonds is 2. The number of hydrogen-bond donors (Lipinski definition) is 1. The zero-order valence-electron chi connectivity index (χ0n) is 11.2. The van der Waals surface area contributed by atoms with Gasteiger partial charge in [-0.05, 0) is 60.7 Å². The number of benzene rings is 2. The van der Waals surface area contributed by atoms with Gasteiger partial charge in [0.1, 0.15) is 0 Å². The molecule has 1 nitrogen and oxygen atoms in total. The van der Waals surface area contributed by atoms with Crippen molar-refractivity contribution in [2.45, 2.75) is 25.3 Å². The summed E-state index contributed by atoms with van der Waals surface area (Å²) in [5.41, 5.74) is 4.96. The Bertz CT molecular complexity index is 669. The first-order valence-corrected chi connectivity index (χ1v) is 7.64. The maximum atomic E-state index is 5.45. The molecule has 0 aliphatic heterocycles. The first-order valence-electron chi connectivity index (χ1n) is 6.85. The molecule has 0 bridgehead atoms. The van der Waals surface area contributed by atoms with E-state index in [0.717, 1.165) is 30.5 Å². The molecule has 1 atom stereocenters. The van der Waals surface area contributed by atoms with Gasteiger partial charge in [0, 0.05) is 21.8 Å². The fourth-order valence-electron chi connectivity index (χ4n) is 2.78. The minimum absolute atomic E-state index is 0.483. The molecule has 2 heteroatoms. The van der Waals surface area contributed by atoms with Crippen LogP contribution in [0.4, 0.5) is 5.69 Å². The highest BCUT2D eigenvalue weighted by molar-refractivity contribution is 9.10. The van der Waals surface area contributed by atoms with E-state index in [1.165, 1.54) is 15.6 Å². The monoisotopic (exact) mass is 325 g/mol. The van der Waals surface area contributed by atoms with E-state index in [9.17, 15) is 0 Å². The molecule has 20 heavy (non-hydrogen) atoms. The number of anilines is 1. The third kappa shape index (κ3) is 2.89. The van der Waals surface area contributed by atoms with Crippen molar-refractivity contribution in [3.63, 3.8) is 0 Å². The van der Waals surface area contributed by atoms with Gasteiger partial charge in [-0.1, -0.05) is 34.0 Å². The molecule has 1 aliphatic carbocycles. The molecule has 0 aromatic heterocycles. The Labute approximate surface area is 128 Å². The Morgan fingerprint density at radius 1 is 1.15 bits per heavy atom. The van der Waals surface area contributed by atoms with E-state index >= 15 is 0 Å². The van der Waals surface area contributed by atoms with E-state index in [4.69, 9.17) is 6.42 Å². The minimum Gasteiger partial charge on any atom is -0.382 e. The Morgan fingerprint density at radius 2 is 2.05 bits per heavy atom. The van der Waals surface area contributed by atoms with Crippen LogP contribution in [-0.4, -0.2) is 6.04 Å². The summed E-state index contributed by atoms with van der Waals surface area (Å²) in [7, 11) is 0. The van der Waals surface area contributed by atoms with E-state index < -0.39 is 0 Å². The number of terminal acetylenes is 1. The maximum Gasteiger partial charge on any atom is 0.0354 e. The van der Waals surface area contributed by atoms with Crippen LogP contribution >= 0.6 is 15.9 Å². The zero-order valence-corrected chi connectivity index (χ0v) is 12.8. The topological polar surface area (TPSA) is 12.0 Å². The third-order valence-electron chi connectivity index (χ3n) is 3.80. The van der Waals surface area contributed by atoms with Crippen LogP contribution in [0, 0.1) is 12.3 Å². The molecule has 0 heterocycles. The number of fused-ring (bicyclic) bond motifs is 1. The molecule has 1 aliphatic rings. The van der Waals surface area contributed by atoms with Crippen LogP contribution in [-0.2, 0) is 12.8 Å². The molecule has 3 rings (SSSR count). The van der Waals surface area contributed by atoms with Gasteiger partial charge in [-0.15, -0.1) is 6.42 Å². The Balaban J connectivity index is 1.74. The molecule has 0 saturated heterocycles. The van der Waals surface area contributed by atoms with Gasteiger partial charge < -0.3 is 5.32 Å². The van der Waals surface area contributed by atoms with Crippen molar-refractivity contribution in [1.29, 1.82) is 0 Å². The SMILES string of the molecule is C#Cc1cccc(NC2CCc3cc(Br)ccc3C2)c1. The molecule has 2 aromatic carbocycles. The fraction of sp³-hybridized carbons (Fsp3) is 0.222. The van der Waals surface area contributed by atoms with Gasteiger partial charge in [0.2, 0.25) is 0 Å². The molecule has 0 radical (unpaired) electrons. The Kier molecular flexibility index (Phi) is 3.80. The average Bonchev–Trinajstić information content (AvgIpc) is 2.47. The van der Waals surface area contributed by atoms with Crippen LogP contribution in [0.15, 0.2) is 46.9 Å². The van der Waals surface area contributed by atoms with Gasteiger partial charge in [0.05, 0.1) is 0 Å². The second kappa shape index (κ2) is 5.73. The second-order valence-electron chi connectivity index (χ2n) is 5.22. The molecular formula is C18H16BrN. The average molecular weight is 326 g/mol. The smallest absolute Gasteiger partial charge is 0.0354 e. The molecule has 0 amide bonds. The summed E-state index contributed by atoms with van der Waals surface area (Å²) < 4.78 is 1.17. The van der Waals surface area contributed by atoms with E-state index in [1.54, 1.807) is 0 Å². The van der Waals surface area contributed by atoms with E-state index in [0.29, 0.717) is 6.04 Å². The Hall–Kier alpha value is -1.72. The van der Waals surface area contributed by atoms with Crippen LogP contribution in [0.1, 0.15) is 23.1 Å². The van der Waals surface area contributed by atoms with Gasteiger partial charge >= 0.3 is 0 Å². The quantitative estimate of drug-likeness (QED) is 0.807. The van der Waals surface area contributed by atoms with Crippen molar-refractivity contribution < 1.29 is 0 Å². The van der Waals surface area contributed by atoms with Gasteiger partial charge in [0.15, 0.2) is 0 Å². The number of halogens is 1. The molecule has 100 valence electrons. The third-order valence-corrected chi connectivity index (χ3v) is 4.29. The molecule has 0 saturated carbocycles. The molecule has 0 fully saturated rings. The first kappa shape index (κ1) is 13.3. The van der Waals surface area contributed by atoms with Gasteiger partial charge in [0.25, 0.3) is 0 Å². The predicted octanol–water partition coefficient (Wildman–Crippen LogP) is 4.40. The van der Waals surface area contributed by atoms with Crippen LogP contribution in [0.2, 0.25) is 0 Å². The van der Waals surface area contributed by atoms with Crippen LogP contribution in [0.3, 0.4) is 0 Å². The summed E-state index contributed by atoms with van der Waals surface area (Å²) in [6, 6.07) is 15.2. The lowest BCUT2D eigenvalue weighted by atomic mass is 9.88. The van der Waals surface area contributed by atoms with E-state index in [1.807, 2.05) is 18.2 Å². The van der Waals surface area contributed by atoms with E-state index in [2.05, 4.69) is 51.4 Å². The summed E-state index contributed by atoms with van der Waals surface area (Å²) in [6.45, 7) is 0. The maximum absolute atomic E-state index is 5.45. The Morgan fingerprint density at radius 3 is 2.90 bits per heavy atom. The number of hydrogen-bond acceptors (Lipinski definition) is 1. The standard InChI is InChI=1S/C18H16BrN/c1-2-13-4-3-5-17(10-13)20-18-9-7-14-11-16(19)8-6-15(14)12-18/h1,3-6,8,10-11,18,20H,7,9,12H2. The number of nitrogens with one attached hydrogen (secondary N) is 1. The van der Waals surface area contributed by atoms with Crippen LogP contribution in [0.25, 0.3) is 0 Å². The number of aryl methyl sites for hydroxylation is 1. The summed E-state index contributed by atoms with van der Waals surface area (Å²) in [5.74, 6) is 2.68. The highest BCUT2D eigenvalue weighted by Gasteiger charge is 2.18. The zero-order chi connectivity index (χ0) is 13.9. The summed E-state index contributed by atoms with van der Waals surface area (Å²) in [5, 5.41) is 3.60. The highest BCUT2D eigenvalue weighted by Crippen LogP contribution is 2.26. The van der Waals surface area contributed by atoms with Gasteiger partial charge in [-0.2, -0.15) is 0 Å². The molecular weight excluding hydrogens is 310 g/mol. The summed E-state index contributed by atoms with van der Waals surface area (Å²) in [6.07, 6.45) is 8.80. The van der Waals surface area contributed by atoms with E-state index in [-0.39, 0.29) is 0 Å². The fourth-order valence-corrected chi connectivity index (χ4v) is 3.19. The van der Waals surface area contributed by atoms with Crippen molar-refractivity contribution >= 4 is 21.6 Å². The van der Waals surface area contributed by atoms with Crippen LogP contribution < -0.4 is 5.32 Å². The molecule has 1 N–H and O–H groups in total. The van der Waals surface area contributed by atoms with Crippen LogP contribution in [0.5, 0.6) is 0 Å². The summed E-state index contributed by atoms with van der Waals surface area (Å²) in [4.78, 5) is 0. The van der Waals surface area contributed by atoms with Crippen molar-refractivity contribution in [3.8, 4) is 12.3 Å². The van der Waals surface area contributed by atoms with Crippen molar-refractivity contribution in [2.75, 3.05) is 5.32 Å². The van der Waals surface area contributed by atoms with Crippen molar-refractivity contribution in [3.05, 3.63) is 63.6 Å². The minimum atomic E-state index is 0.483. The summed E-state index contributed by atoms with van der Waals surface area (Å²) >= 11 is 3.54. The first-order chi connectivity index (χ1) is 9.74. The van der Waals surface area contributed by atoms with Gasteiger partial charge in [-0.25, -0.2) is 0 Å². The highest BCUT2D eigenvalue weighted by atomic mass is 79.9. The largest absolute Gasteiger partial charge is 0.382 e. The molecule has 0 spiro atoms. The lowest BCUT2D eigenvalue weighted by Crippen LogP contribution is -2.27. The predicted molar refractivity (Wildman–Crippen MR) is 88.0 cm³/mol. The lowest BCUT2D eigenvalue weighted by Gasteiger charge is -2.26. The van der Waals surface area contributed by atoms with Crippen molar-refractivity contribution in [1.82, 2.24) is 0 Å². The lowest BCUT2D eigenvalue weighted by molar-refractivity contribution is 0.610. The van der Waals surface area contributed by atoms with Crippen molar-refractivity contribution in [2.24, 2.45) is 0 Å². The second-order valence-corrected chi connectivity index (χ2v) is 6.14. The molecule has 1 unspecified atom stereocenters. The molecule has 2 aromatic rings. The van der Waals surface area contributed by atoms with Gasteiger partial charge in [-0.3, -0.25) is 0 Å².